The van der Waals surface area contributed by atoms with Crippen molar-refractivity contribution in [3.8, 4) is 0 Å². The molecule has 1 heteroatoms. The van der Waals surface area contributed by atoms with E-state index in [1.54, 1.807) is 0 Å². The van der Waals surface area contributed by atoms with Gasteiger partial charge in [0, 0.05) is 0 Å². The van der Waals surface area contributed by atoms with Crippen LogP contribution in [0.5, 0.6) is 0 Å². The van der Waals surface area contributed by atoms with E-state index in [9.17, 15) is 5.11 Å². The first-order chi connectivity index (χ1) is 4.92. The monoisotopic (exact) mass is 156 g/mol. The number of hydrogen-bond acceptors (Lipinski definition) is 1. The Morgan fingerprint density at radius 3 is 2.27 bits per heavy atom. The molecule has 0 aromatic heterocycles. The zero-order valence-electron chi connectivity index (χ0n) is 8.09. The van der Waals surface area contributed by atoms with Gasteiger partial charge in [-0.15, -0.1) is 0 Å². The number of allylic oxidation sites excluding steroid dienone is 2. The van der Waals surface area contributed by atoms with Crippen molar-refractivity contribution in [2.75, 3.05) is 0 Å². The van der Waals surface area contributed by atoms with Crippen molar-refractivity contribution in [3.05, 3.63) is 12.2 Å². The van der Waals surface area contributed by atoms with E-state index in [-0.39, 0.29) is 0 Å². The quantitative estimate of drug-likeness (QED) is 0.620. The average Bonchev–Trinajstić information content (AvgIpc) is 1.78. The zero-order valence-corrected chi connectivity index (χ0v) is 8.09. The third kappa shape index (κ3) is 9.70. The second kappa shape index (κ2) is 4.55. The van der Waals surface area contributed by atoms with Crippen LogP contribution >= 0.6 is 0 Å². The van der Waals surface area contributed by atoms with Gasteiger partial charge in [0.15, 0.2) is 0 Å². The highest BCUT2D eigenvalue weighted by Gasteiger charge is 2.09. The molecule has 0 saturated heterocycles. The van der Waals surface area contributed by atoms with Crippen LogP contribution in [-0.2, 0) is 0 Å². The minimum atomic E-state index is -0.513. The lowest BCUT2D eigenvalue weighted by atomic mass is 10.0. The Labute approximate surface area is 70.1 Å². The molecule has 0 radical (unpaired) electrons. The van der Waals surface area contributed by atoms with Gasteiger partial charge in [0.25, 0.3) is 0 Å². The second-order valence-electron chi connectivity index (χ2n) is 4.02. The van der Waals surface area contributed by atoms with E-state index >= 15 is 0 Å². The van der Waals surface area contributed by atoms with Crippen LogP contribution < -0.4 is 0 Å². The summed E-state index contributed by atoms with van der Waals surface area (Å²) in [4.78, 5) is 0. The van der Waals surface area contributed by atoms with Crippen molar-refractivity contribution in [1.29, 1.82) is 0 Å². The van der Waals surface area contributed by atoms with E-state index in [2.05, 4.69) is 26.0 Å². The first kappa shape index (κ1) is 10.7. The molecule has 1 N–H and O–H groups in total. The highest BCUT2D eigenvalue weighted by molar-refractivity contribution is 4.85. The van der Waals surface area contributed by atoms with Crippen LogP contribution in [0.3, 0.4) is 0 Å². The van der Waals surface area contributed by atoms with Gasteiger partial charge in [-0.1, -0.05) is 26.0 Å². The Kier molecular flexibility index (Phi) is 4.43. The Morgan fingerprint density at radius 1 is 1.36 bits per heavy atom. The van der Waals surface area contributed by atoms with Gasteiger partial charge < -0.3 is 5.11 Å². The van der Waals surface area contributed by atoms with Crippen LogP contribution in [0.1, 0.15) is 40.5 Å². The van der Waals surface area contributed by atoms with Crippen LogP contribution in [0.4, 0.5) is 0 Å². The summed E-state index contributed by atoms with van der Waals surface area (Å²) >= 11 is 0. The van der Waals surface area contributed by atoms with Gasteiger partial charge in [-0.3, -0.25) is 0 Å². The van der Waals surface area contributed by atoms with Gasteiger partial charge in [-0.05, 0) is 32.6 Å². The van der Waals surface area contributed by atoms with Crippen LogP contribution in [0.15, 0.2) is 12.2 Å². The fourth-order valence-electron chi connectivity index (χ4n) is 0.805. The van der Waals surface area contributed by atoms with Crippen molar-refractivity contribution < 1.29 is 5.11 Å². The van der Waals surface area contributed by atoms with Crippen LogP contribution in [0.2, 0.25) is 0 Å². The van der Waals surface area contributed by atoms with Crippen LogP contribution in [0, 0.1) is 5.92 Å². The normalized spacial score (nSPS) is 13.3. The molecule has 0 aromatic rings. The summed E-state index contributed by atoms with van der Waals surface area (Å²) in [6.07, 6.45) is 6.13. The van der Waals surface area contributed by atoms with Gasteiger partial charge >= 0.3 is 0 Å². The summed E-state index contributed by atoms with van der Waals surface area (Å²) in [5.74, 6) is 0.622. The second-order valence-corrected chi connectivity index (χ2v) is 4.02. The zero-order chi connectivity index (χ0) is 8.91. The molecule has 0 saturated carbocycles. The molecule has 0 unspecified atom stereocenters. The molecule has 0 aromatic carbocycles. The maximum absolute atomic E-state index is 9.35. The van der Waals surface area contributed by atoms with E-state index in [4.69, 9.17) is 0 Å². The SMILES string of the molecule is CC(C)/C=C/CCC(C)(C)O. The largest absolute Gasteiger partial charge is 0.390 e. The Balaban J connectivity index is 3.42. The predicted molar refractivity (Wildman–Crippen MR) is 49.5 cm³/mol. The summed E-state index contributed by atoms with van der Waals surface area (Å²) in [6, 6.07) is 0. The van der Waals surface area contributed by atoms with E-state index in [0.29, 0.717) is 5.92 Å². The Bertz CT molecular complexity index is 117. The molecule has 1 nitrogen and oxygen atoms in total. The molecule has 0 spiro atoms. The number of hydrogen-bond donors (Lipinski definition) is 1. The maximum atomic E-state index is 9.35. The van der Waals surface area contributed by atoms with Gasteiger partial charge in [0.05, 0.1) is 5.60 Å². The molecule has 0 heterocycles. The molecule has 0 bridgehead atoms. The molecule has 66 valence electrons. The third-order valence-electron chi connectivity index (χ3n) is 1.44. The van der Waals surface area contributed by atoms with Gasteiger partial charge in [0.2, 0.25) is 0 Å². The standard InChI is InChI=1S/C10H20O/c1-9(2)7-5-6-8-10(3,4)11/h5,7,9,11H,6,8H2,1-4H3/b7-5+. The van der Waals surface area contributed by atoms with E-state index in [0.717, 1.165) is 12.8 Å². The highest BCUT2D eigenvalue weighted by Crippen LogP contribution is 2.10. The Hall–Kier alpha value is -0.300. The van der Waals surface area contributed by atoms with Crippen molar-refractivity contribution >= 4 is 0 Å². The average molecular weight is 156 g/mol. The first-order valence-electron chi connectivity index (χ1n) is 4.31. The Morgan fingerprint density at radius 2 is 1.91 bits per heavy atom. The first-order valence-corrected chi connectivity index (χ1v) is 4.31. The van der Waals surface area contributed by atoms with Gasteiger partial charge in [-0.25, -0.2) is 0 Å². The molecule has 0 aliphatic carbocycles. The molecular formula is C10H20O. The maximum Gasteiger partial charge on any atom is 0.0594 e. The van der Waals surface area contributed by atoms with E-state index in [1.807, 2.05) is 13.8 Å². The highest BCUT2D eigenvalue weighted by atomic mass is 16.3. The summed E-state index contributed by atoms with van der Waals surface area (Å²) in [5, 5.41) is 9.35. The molecule has 0 amide bonds. The fourth-order valence-corrected chi connectivity index (χ4v) is 0.805. The van der Waals surface area contributed by atoms with E-state index in [1.165, 1.54) is 0 Å². The summed E-state index contributed by atoms with van der Waals surface area (Å²) < 4.78 is 0. The minimum absolute atomic E-state index is 0.513. The molecule has 0 aliphatic heterocycles. The topological polar surface area (TPSA) is 20.2 Å². The summed E-state index contributed by atoms with van der Waals surface area (Å²) in [5.41, 5.74) is -0.513. The van der Waals surface area contributed by atoms with Crippen molar-refractivity contribution in [2.24, 2.45) is 5.92 Å². The lowest BCUT2D eigenvalue weighted by Gasteiger charge is -2.14. The van der Waals surface area contributed by atoms with Crippen molar-refractivity contribution in [2.45, 2.75) is 46.1 Å². The third-order valence-corrected chi connectivity index (χ3v) is 1.44. The lowest BCUT2D eigenvalue weighted by Crippen LogP contribution is -2.17. The van der Waals surface area contributed by atoms with Crippen molar-refractivity contribution in [1.82, 2.24) is 0 Å². The molecule has 11 heavy (non-hydrogen) atoms. The van der Waals surface area contributed by atoms with E-state index < -0.39 is 5.60 Å². The molecule has 0 aliphatic rings. The molecular weight excluding hydrogens is 136 g/mol. The molecule has 0 atom stereocenters. The molecule has 0 rings (SSSR count). The van der Waals surface area contributed by atoms with Gasteiger partial charge in [-0.2, -0.15) is 0 Å². The fraction of sp³-hybridized carbons (Fsp3) is 0.800. The van der Waals surface area contributed by atoms with Crippen LogP contribution in [0.25, 0.3) is 0 Å². The number of aliphatic hydroxyl groups is 1. The number of rotatable bonds is 4. The smallest absolute Gasteiger partial charge is 0.0594 e. The summed E-state index contributed by atoms with van der Waals surface area (Å²) in [6.45, 7) is 7.99. The van der Waals surface area contributed by atoms with Crippen LogP contribution in [-0.4, -0.2) is 10.7 Å². The minimum Gasteiger partial charge on any atom is -0.390 e. The summed E-state index contributed by atoms with van der Waals surface area (Å²) in [7, 11) is 0. The molecule has 0 fully saturated rings. The van der Waals surface area contributed by atoms with Crippen molar-refractivity contribution in [3.63, 3.8) is 0 Å². The predicted octanol–water partition coefficient (Wildman–Crippen LogP) is 2.75. The van der Waals surface area contributed by atoms with Gasteiger partial charge in [0.1, 0.15) is 0 Å². The lowest BCUT2D eigenvalue weighted by molar-refractivity contribution is 0.0721.